The third-order valence-electron chi connectivity index (χ3n) is 5.80. The van der Waals surface area contributed by atoms with Crippen molar-refractivity contribution < 1.29 is 31.5 Å². The molecule has 0 saturated heterocycles. The Bertz CT molecular complexity index is 1570. The molecular weight excluding hydrogens is 493 g/mol. The summed E-state index contributed by atoms with van der Waals surface area (Å²) in [5.41, 5.74) is 0.0586. The number of hydrogen-bond acceptors (Lipinski definition) is 4. The second-order valence-electron chi connectivity index (χ2n) is 9.46. The zero-order chi connectivity index (χ0) is 26.5. The quantitative estimate of drug-likeness (QED) is 0.358. The molecule has 0 amide bonds. The maximum Gasteiger partial charge on any atom is 0.433 e. The Labute approximate surface area is 206 Å². The summed E-state index contributed by atoms with van der Waals surface area (Å²) in [5.74, 6) is -1.11. The number of hydrogen-bond donors (Lipinski definition) is 1. The van der Waals surface area contributed by atoms with Crippen molar-refractivity contribution in [2.75, 3.05) is 0 Å². The number of nitrogens with zero attached hydrogens (tertiary/aromatic N) is 2. The molecule has 0 unspecified atom stereocenters. The van der Waals surface area contributed by atoms with Gasteiger partial charge in [-0.05, 0) is 59.0 Å². The van der Waals surface area contributed by atoms with Gasteiger partial charge in [-0.25, -0.2) is 22.2 Å². The van der Waals surface area contributed by atoms with E-state index < -0.39 is 27.9 Å². The molecule has 0 spiro atoms. The Morgan fingerprint density at radius 3 is 2.22 bits per heavy atom. The van der Waals surface area contributed by atoms with E-state index in [1.807, 2.05) is 26.8 Å². The highest BCUT2D eigenvalue weighted by Crippen LogP contribution is 2.33. The van der Waals surface area contributed by atoms with E-state index in [-0.39, 0.29) is 39.0 Å². The van der Waals surface area contributed by atoms with E-state index in [1.54, 1.807) is 12.1 Å². The first kappa shape index (κ1) is 25.4. The highest BCUT2D eigenvalue weighted by atomic mass is 32.2. The van der Waals surface area contributed by atoms with Crippen LogP contribution in [0.25, 0.3) is 11.0 Å². The number of carboxylic acid groups (broad SMARTS) is 1. The summed E-state index contributed by atoms with van der Waals surface area (Å²) in [6, 6.07) is 15.5. The van der Waals surface area contributed by atoms with Gasteiger partial charge in [0.15, 0.2) is 0 Å². The number of pyridine rings is 1. The molecule has 0 fully saturated rings. The molecule has 2 aromatic carbocycles. The summed E-state index contributed by atoms with van der Waals surface area (Å²) in [6.45, 7) is 5.83. The predicted molar refractivity (Wildman–Crippen MR) is 129 cm³/mol. The zero-order valence-corrected chi connectivity index (χ0v) is 20.5. The number of benzene rings is 2. The molecule has 10 heteroatoms. The minimum absolute atomic E-state index is 0.00482. The molecule has 0 aliphatic carbocycles. The first-order valence-electron chi connectivity index (χ1n) is 10.9. The van der Waals surface area contributed by atoms with Crippen LogP contribution < -0.4 is 0 Å². The van der Waals surface area contributed by atoms with Crippen LogP contribution in [0.2, 0.25) is 0 Å². The molecule has 1 N–H and O–H groups in total. The van der Waals surface area contributed by atoms with Crippen molar-refractivity contribution in [3.63, 3.8) is 0 Å². The van der Waals surface area contributed by atoms with Gasteiger partial charge >= 0.3 is 12.1 Å². The van der Waals surface area contributed by atoms with Crippen LogP contribution in [0.1, 0.15) is 53.6 Å². The van der Waals surface area contributed by atoms with Gasteiger partial charge in [-0.15, -0.1) is 0 Å². The number of halogens is 3. The number of alkyl halides is 3. The first-order chi connectivity index (χ1) is 16.7. The Hall–Kier alpha value is -3.66. The molecule has 0 aliphatic heterocycles. The summed E-state index contributed by atoms with van der Waals surface area (Å²) in [7, 11) is -4.22. The third-order valence-corrected chi connectivity index (χ3v) is 7.56. The molecule has 0 radical (unpaired) electrons. The molecule has 2 aromatic heterocycles. The average Bonchev–Trinajstić information content (AvgIpc) is 3.16. The third kappa shape index (κ3) is 4.86. The Morgan fingerprint density at radius 1 is 0.972 bits per heavy atom. The van der Waals surface area contributed by atoms with Gasteiger partial charge in [-0.2, -0.15) is 13.2 Å². The van der Waals surface area contributed by atoms with Crippen LogP contribution >= 0.6 is 0 Å². The second-order valence-corrected chi connectivity index (χ2v) is 11.2. The highest BCUT2D eigenvalue weighted by Gasteiger charge is 2.34. The van der Waals surface area contributed by atoms with Gasteiger partial charge < -0.3 is 5.11 Å². The largest absolute Gasteiger partial charge is 0.478 e. The number of aromatic nitrogens is 2. The molecule has 36 heavy (non-hydrogen) atoms. The molecular formula is C26H23F3N2O4S. The van der Waals surface area contributed by atoms with E-state index >= 15 is 0 Å². The van der Waals surface area contributed by atoms with Gasteiger partial charge in [0.2, 0.25) is 0 Å². The molecule has 0 aliphatic rings. The number of carboxylic acids is 1. The maximum absolute atomic E-state index is 13.9. The summed E-state index contributed by atoms with van der Waals surface area (Å²) >= 11 is 0. The summed E-state index contributed by atoms with van der Waals surface area (Å²) in [6.07, 6.45) is -4.67. The van der Waals surface area contributed by atoms with Crippen LogP contribution in [0.3, 0.4) is 0 Å². The first-order valence-corrected chi connectivity index (χ1v) is 12.4. The van der Waals surface area contributed by atoms with Gasteiger partial charge in [0.1, 0.15) is 5.69 Å². The lowest BCUT2D eigenvalue weighted by atomic mass is 9.87. The molecule has 4 rings (SSSR count). The van der Waals surface area contributed by atoms with Crippen LogP contribution in [0.15, 0.2) is 71.6 Å². The van der Waals surface area contributed by atoms with E-state index in [2.05, 4.69) is 4.98 Å². The minimum atomic E-state index is -4.69. The van der Waals surface area contributed by atoms with E-state index in [9.17, 15) is 26.4 Å². The van der Waals surface area contributed by atoms with Crippen LogP contribution in [-0.2, 0) is 28.0 Å². The molecule has 0 atom stereocenters. The topological polar surface area (TPSA) is 89.3 Å². The number of aromatic carboxylic acids is 1. The van der Waals surface area contributed by atoms with Crippen molar-refractivity contribution in [1.29, 1.82) is 0 Å². The summed E-state index contributed by atoms with van der Waals surface area (Å²) in [4.78, 5) is 14.8. The van der Waals surface area contributed by atoms with Gasteiger partial charge in [-0.3, -0.25) is 0 Å². The van der Waals surface area contributed by atoms with Gasteiger partial charge in [-0.1, -0.05) is 45.0 Å². The van der Waals surface area contributed by atoms with E-state index in [0.29, 0.717) is 5.56 Å². The average molecular weight is 517 g/mol. The van der Waals surface area contributed by atoms with Crippen molar-refractivity contribution >= 4 is 27.0 Å². The smallest absolute Gasteiger partial charge is 0.433 e. The summed E-state index contributed by atoms with van der Waals surface area (Å²) < 4.78 is 68.6. The predicted octanol–water partition coefficient (Wildman–Crippen LogP) is 5.88. The normalized spacial score (nSPS) is 12.7. The van der Waals surface area contributed by atoms with E-state index in [1.165, 1.54) is 36.4 Å². The fourth-order valence-corrected chi connectivity index (χ4v) is 5.46. The van der Waals surface area contributed by atoms with Crippen molar-refractivity contribution in [3.05, 3.63) is 94.8 Å². The minimum Gasteiger partial charge on any atom is -0.478 e. The van der Waals surface area contributed by atoms with Crippen LogP contribution in [0, 0.1) is 0 Å². The monoisotopic (exact) mass is 516 g/mol. The number of carbonyl (C=O) groups is 1. The molecule has 0 saturated carbocycles. The second kappa shape index (κ2) is 8.77. The lowest BCUT2D eigenvalue weighted by Crippen LogP contribution is -2.18. The lowest BCUT2D eigenvalue weighted by Gasteiger charge is -2.20. The molecule has 4 aromatic rings. The maximum atomic E-state index is 13.9. The van der Waals surface area contributed by atoms with Crippen molar-refractivity contribution in [3.8, 4) is 0 Å². The van der Waals surface area contributed by atoms with Crippen LogP contribution in [-0.4, -0.2) is 28.5 Å². The van der Waals surface area contributed by atoms with Gasteiger partial charge in [0, 0.05) is 12.1 Å². The van der Waals surface area contributed by atoms with E-state index in [4.69, 9.17) is 5.11 Å². The fraction of sp³-hybridized carbons (Fsp3) is 0.231. The number of rotatable bonds is 5. The van der Waals surface area contributed by atoms with Crippen molar-refractivity contribution in [1.82, 2.24) is 8.96 Å². The molecule has 0 bridgehead atoms. The Morgan fingerprint density at radius 2 is 1.64 bits per heavy atom. The van der Waals surface area contributed by atoms with Gasteiger partial charge in [0.05, 0.1) is 21.5 Å². The molecule has 188 valence electrons. The van der Waals surface area contributed by atoms with Crippen LogP contribution in [0.4, 0.5) is 13.2 Å². The van der Waals surface area contributed by atoms with E-state index in [0.717, 1.165) is 21.7 Å². The Kier molecular flexibility index (Phi) is 6.20. The standard InChI is InChI=1S/C26H23F3N2O4S/c1-25(2,3)18-5-4-6-20(14-18)36(34,35)31-19(13-16-7-9-17(10-8-16)24(32)33)15-21-22(31)11-12-23(30-21)26(27,28)29/h4-12,14-15H,13H2,1-3H3,(H,32,33). The van der Waals surface area contributed by atoms with Gasteiger partial charge in [0.25, 0.3) is 10.0 Å². The highest BCUT2D eigenvalue weighted by molar-refractivity contribution is 7.90. The van der Waals surface area contributed by atoms with Crippen molar-refractivity contribution in [2.45, 2.75) is 43.7 Å². The molecule has 2 heterocycles. The SMILES string of the molecule is CC(C)(C)c1cccc(S(=O)(=O)n2c(Cc3ccc(C(=O)O)cc3)cc3nc(C(F)(F)F)ccc32)c1. The number of fused-ring (bicyclic) bond motifs is 1. The zero-order valence-electron chi connectivity index (χ0n) is 19.7. The van der Waals surface area contributed by atoms with Crippen molar-refractivity contribution in [2.24, 2.45) is 0 Å². The van der Waals surface area contributed by atoms with Crippen LogP contribution in [0.5, 0.6) is 0 Å². The Balaban J connectivity index is 1.92. The summed E-state index contributed by atoms with van der Waals surface area (Å²) in [5, 5.41) is 9.13. The molecule has 6 nitrogen and oxygen atoms in total. The fourth-order valence-electron chi connectivity index (χ4n) is 3.88. The lowest BCUT2D eigenvalue weighted by molar-refractivity contribution is -0.140.